The number of nitrogens with two attached hydrogens (primary N) is 1. The Morgan fingerprint density at radius 2 is 2.20 bits per heavy atom. The monoisotopic (exact) mass is 204 g/mol. The number of hydrogen-bond acceptors (Lipinski definition) is 3. The lowest BCUT2D eigenvalue weighted by Crippen LogP contribution is -2.01. The Morgan fingerprint density at radius 1 is 1.40 bits per heavy atom. The van der Waals surface area contributed by atoms with Gasteiger partial charge in [-0.15, -0.1) is 0 Å². The van der Waals surface area contributed by atoms with Gasteiger partial charge in [0.25, 0.3) is 0 Å². The molecule has 0 saturated heterocycles. The number of fused-ring (bicyclic) bond motifs is 1. The van der Waals surface area contributed by atoms with E-state index in [1.54, 1.807) is 6.33 Å². The molecule has 0 aromatic carbocycles. The fourth-order valence-corrected chi connectivity index (χ4v) is 1.80. The number of rotatable bonds is 3. The summed E-state index contributed by atoms with van der Waals surface area (Å²) in [4.78, 5) is 11.7. The normalized spacial score (nSPS) is 11.5. The maximum absolute atomic E-state index is 5.68. The van der Waals surface area contributed by atoms with Crippen LogP contribution in [0.25, 0.3) is 11.0 Å². The summed E-state index contributed by atoms with van der Waals surface area (Å²) < 4.78 is 0. The predicted octanol–water partition coefficient (Wildman–Crippen LogP) is 1.62. The zero-order chi connectivity index (χ0) is 10.8. The molecule has 0 bridgehead atoms. The highest BCUT2D eigenvalue weighted by molar-refractivity contribution is 5.82. The molecule has 0 amide bonds. The lowest BCUT2D eigenvalue weighted by molar-refractivity contribution is 0.638. The fourth-order valence-electron chi connectivity index (χ4n) is 1.80. The topological polar surface area (TPSA) is 67.6 Å². The molecule has 0 spiro atoms. The lowest BCUT2D eigenvalue weighted by Gasteiger charge is -2.06. The molecular formula is C11H16N4. The first kappa shape index (κ1) is 10.1. The number of hydrogen-bond donors (Lipinski definition) is 2. The molecule has 0 radical (unpaired) electrons. The van der Waals surface area contributed by atoms with E-state index >= 15 is 0 Å². The van der Waals surface area contributed by atoms with Gasteiger partial charge in [0.05, 0.1) is 5.69 Å². The van der Waals surface area contributed by atoms with Gasteiger partial charge in [0.1, 0.15) is 12.0 Å². The first-order valence-corrected chi connectivity index (χ1v) is 5.22. The molecule has 0 aliphatic rings. The Labute approximate surface area is 88.9 Å². The van der Waals surface area contributed by atoms with E-state index in [0.29, 0.717) is 12.5 Å². The molecule has 0 aliphatic heterocycles. The molecule has 0 saturated carbocycles. The average molecular weight is 204 g/mol. The molecule has 4 heteroatoms. The third kappa shape index (κ3) is 1.85. The Hall–Kier alpha value is -1.42. The predicted molar refractivity (Wildman–Crippen MR) is 60.3 cm³/mol. The molecule has 15 heavy (non-hydrogen) atoms. The van der Waals surface area contributed by atoms with Crippen molar-refractivity contribution in [1.29, 1.82) is 0 Å². The van der Waals surface area contributed by atoms with E-state index in [1.807, 2.05) is 6.20 Å². The van der Waals surface area contributed by atoms with Crippen molar-refractivity contribution in [2.45, 2.75) is 26.8 Å². The van der Waals surface area contributed by atoms with E-state index in [4.69, 9.17) is 5.73 Å². The summed E-state index contributed by atoms with van der Waals surface area (Å²) in [6, 6.07) is 0. The number of H-pyrrole nitrogens is 1. The molecule has 3 N–H and O–H groups in total. The van der Waals surface area contributed by atoms with Gasteiger partial charge < -0.3 is 10.7 Å². The van der Waals surface area contributed by atoms with Crippen molar-refractivity contribution in [3.8, 4) is 0 Å². The Kier molecular flexibility index (Phi) is 2.68. The lowest BCUT2D eigenvalue weighted by atomic mass is 10.0. The Balaban J connectivity index is 2.56. The first-order chi connectivity index (χ1) is 7.22. The third-order valence-electron chi connectivity index (χ3n) is 2.45. The van der Waals surface area contributed by atoms with Crippen molar-refractivity contribution in [3.05, 3.63) is 23.8 Å². The van der Waals surface area contributed by atoms with E-state index in [9.17, 15) is 0 Å². The number of nitrogens with one attached hydrogen (secondary N) is 1. The van der Waals surface area contributed by atoms with Gasteiger partial charge in [-0.3, -0.25) is 0 Å². The largest absolute Gasteiger partial charge is 0.346 e. The highest BCUT2D eigenvalue weighted by Crippen LogP contribution is 2.20. The van der Waals surface area contributed by atoms with Crippen molar-refractivity contribution in [3.63, 3.8) is 0 Å². The van der Waals surface area contributed by atoms with E-state index in [1.165, 1.54) is 0 Å². The second kappa shape index (κ2) is 3.98. The summed E-state index contributed by atoms with van der Waals surface area (Å²) in [5, 5.41) is 1.11. The van der Waals surface area contributed by atoms with Crippen molar-refractivity contribution in [2.75, 3.05) is 0 Å². The van der Waals surface area contributed by atoms with Crippen LogP contribution in [0, 0.1) is 5.92 Å². The highest BCUT2D eigenvalue weighted by Gasteiger charge is 2.10. The van der Waals surface area contributed by atoms with Crippen molar-refractivity contribution >= 4 is 11.0 Å². The van der Waals surface area contributed by atoms with Crippen molar-refractivity contribution < 1.29 is 0 Å². The first-order valence-electron chi connectivity index (χ1n) is 5.22. The van der Waals surface area contributed by atoms with Crippen LogP contribution in [0.4, 0.5) is 0 Å². The fraction of sp³-hybridized carbons (Fsp3) is 0.455. The summed E-state index contributed by atoms with van der Waals surface area (Å²) in [6.07, 6.45) is 4.49. The minimum absolute atomic E-state index is 0.526. The maximum atomic E-state index is 5.68. The zero-order valence-electron chi connectivity index (χ0n) is 9.12. The van der Waals surface area contributed by atoms with Crippen LogP contribution in [-0.2, 0) is 13.0 Å². The average Bonchev–Trinajstić information content (AvgIpc) is 2.61. The summed E-state index contributed by atoms with van der Waals surface area (Å²) in [6.45, 7) is 4.89. The van der Waals surface area contributed by atoms with E-state index in [-0.39, 0.29) is 0 Å². The van der Waals surface area contributed by atoms with E-state index < -0.39 is 0 Å². The van der Waals surface area contributed by atoms with E-state index in [2.05, 4.69) is 28.8 Å². The smallest absolute Gasteiger partial charge is 0.141 e. The summed E-state index contributed by atoms with van der Waals surface area (Å²) in [5.74, 6) is 0.587. The minimum Gasteiger partial charge on any atom is -0.346 e. The van der Waals surface area contributed by atoms with Crippen LogP contribution >= 0.6 is 0 Å². The molecule has 0 aliphatic carbocycles. The molecule has 0 unspecified atom stereocenters. The molecule has 80 valence electrons. The summed E-state index contributed by atoms with van der Waals surface area (Å²) in [5.41, 5.74) is 8.77. The number of aromatic amines is 1. The van der Waals surface area contributed by atoms with Gasteiger partial charge in [-0.25, -0.2) is 9.97 Å². The van der Waals surface area contributed by atoms with Crippen LogP contribution in [0.3, 0.4) is 0 Å². The van der Waals surface area contributed by atoms with Gasteiger partial charge in [-0.05, 0) is 17.9 Å². The van der Waals surface area contributed by atoms with Crippen LogP contribution < -0.4 is 5.73 Å². The van der Waals surface area contributed by atoms with Crippen LogP contribution in [0.2, 0.25) is 0 Å². The van der Waals surface area contributed by atoms with Gasteiger partial charge in [-0.1, -0.05) is 13.8 Å². The van der Waals surface area contributed by atoms with Gasteiger partial charge in [-0.2, -0.15) is 0 Å². The summed E-state index contributed by atoms with van der Waals surface area (Å²) >= 11 is 0. The Bertz CT molecular complexity index is 459. The summed E-state index contributed by atoms with van der Waals surface area (Å²) in [7, 11) is 0. The van der Waals surface area contributed by atoms with Crippen LogP contribution in [0.15, 0.2) is 12.5 Å². The van der Waals surface area contributed by atoms with Gasteiger partial charge in [0.2, 0.25) is 0 Å². The third-order valence-corrected chi connectivity index (χ3v) is 2.45. The van der Waals surface area contributed by atoms with Gasteiger partial charge in [0.15, 0.2) is 0 Å². The maximum Gasteiger partial charge on any atom is 0.141 e. The molecule has 2 rings (SSSR count). The minimum atomic E-state index is 0.526. The SMILES string of the molecule is CC(C)Cc1ncnc2[nH]cc(CN)c12. The van der Waals surface area contributed by atoms with Crippen LogP contribution in [0.5, 0.6) is 0 Å². The highest BCUT2D eigenvalue weighted by atomic mass is 14.9. The molecule has 2 heterocycles. The van der Waals surface area contributed by atoms with Crippen molar-refractivity contribution in [2.24, 2.45) is 11.7 Å². The Morgan fingerprint density at radius 3 is 2.87 bits per heavy atom. The number of nitrogens with zero attached hydrogens (tertiary/aromatic N) is 2. The van der Waals surface area contributed by atoms with E-state index in [0.717, 1.165) is 28.7 Å². The standard InChI is InChI=1S/C11H16N4/c1-7(2)3-9-10-8(4-12)5-13-11(10)15-6-14-9/h5-7H,3-4,12H2,1-2H3,(H,13,14,15). The zero-order valence-corrected chi connectivity index (χ0v) is 9.12. The molecule has 2 aromatic heterocycles. The quantitative estimate of drug-likeness (QED) is 0.798. The molecular weight excluding hydrogens is 188 g/mol. The van der Waals surface area contributed by atoms with Crippen LogP contribution in [-0.4, -0.2) is 15.0 Å². The molecule has 4 nitrogen and oxygen atoms in total. The molecule has 0 atom stereocenters. The molecule has 2 aromatic rings. The second-order valence-electron chi connectivity index (χ2n) is 4.16. The number of aromatic nitrogens is 3. The second-order valence-corrected chi connectivity index (χ2v) is 4.16. The van der Waals surface area contributed by atoms with Crippen LogP contribution in [0.1, 0.15) is 25.1 Å². The molecule has 0 fully saturated rings. The van der Waals surface area contributed by atoms with Gasteiger partial charge in [0, 0.05) is 18.1 Å². The van der Waals surface area contributed by atoms with Gasteiger partial charge >= 0.3 is 0 Å². The van der Waals surface area contributed by atoms with Crippen molar-refractivity contribution in [1.82, 2.24) is 15.0 Å².